The molecule has 3 aromatic rings. The Labute approximate surface area is 121 Å². The summed E-state index contributed by atoms with van der Waals surface area (Å²) in [6, 6.07) is 16.7. The Morgan fingerprint density at radius 3 is 2.70 bits per heavy atom. The minimum atomic E-state index is -0.201. The third kappa shape index (κ3) is 3.08. The molecule has 20 heavy (non-hydrogen) atoms. The van der Waals surface area contributed by atoms with Gasteiger partial charge in [-0.1, -0.05) is 54.2 Å². The van der Waals surface area contributed by atoms with Gasteiger partial charge in [0, 0.05) is 5.75 Å². The van der Waals surface area contributed by atoms with E-state index in [1.165, 1.54) is 6.07 Å². The number of imidazole rings is 1. The van der Waals surface area contributed by atoms with Crippen molar-refractivity contribution in [3.05, 3.63) is 72.2 Å². The highest BCUT2D eigenvalue weighted by Gasteiger charge is 2.04. The van der Waals surface area contributed by atoms with Crippen molar-refractivity contribution in [1.82, 2.24) is 9.97 Å². The summed E-state index contributed by atoms with van der Waals surface area (Å²) in [5.41, 5.74) is 3.05. The van der Waals surface area contributed by atoms with E-state index < -0.39 is 0 Å². The van der Waals surface area contributed by atoms with Gasteiger partial charge in [0.15, 0.2) is 5.16 Å². The van der Waals surface area contributed by atoms with E-state index in [9.17, 15) is 4.39 Å². The van der Waals surface area contributed by atoms with Crippen LogP contribution in [0.5, 0.6) is 0 Å². The quantitative estimate of drug-likeness (QED) is 0.714. The van der Waals surface area contributed by atoms with Crippen molar-refractivity contribution in [3.63, 3.8) is 0 Å². The molecule has 0 spiro atoms. The van der Waals surface area contributed by atoms with E-state index in [0.29, 0.717) is 5.75 Å². The van der Waals surface area contributed by atoms with Crippen molar-refractivity contribution in [2.24, 2.45) is 0 Å². The lowest BCUT2D eigenvalue weighted by Gasteiger charge is -1.99. The third-order valence-corrected chi connectivity index (χ3v) is 3.86. The summed E-state index contributed by atoms with van der Waals surface area (Å²) in [5, 5.41) is 0.841. The highest BCUT2D eigenvalue weighted by Crippen LogP contribution is 2.24. The van der Waals surface area contributed by atoms with Crippen LogP contribution in [-0.4, -0.2) is 9.97 Å². The van der Waals surface area contributed by atoms with Crippen LogP contribution < -0.4 is 0 Å². The Morgan fingerprint density at radius 1 is 1.05 bits per heavy atom. The van der Waals surface area contributed by atoms with Crippen LogP contribution in [0.4, 0.5) is 4.39 Å². The second-order valence-corrected chi connectivity index (χ2v) is 5.35. The Morgan fingerprint density at radius 2 is 1.90 bits per heavy atom. The van der Waals surface area contributed by atoms with Crippen LogP contribution in [0.25, 0.3) is 11.3 Å². The van der Waals surface area contributed by atoms with Gasteiger partial charge < -0.3 is 4.98 Å². The minimum absolute atomic E-state index is 0.201. The zero-order valence-corrected chi connectivity index (χ0v) is 11.5. The SMILES string of the molecule is Fc1cccc(CSc2ncc(-c3ccccc3)[nH]2)c1. The van der Waals surface area contributed by atoms with Gasteiger partial charge in [0.2, 0.25) is 0 Å². The fourth-order valence-corrected chi connectivity index (χ4v) is 2.71. The normalized spacial score (nSPS) is 10.7. The smallest absolute Gasteiger partial charge is 0.166 e. The molecule has 0 aliphatic carbocycles. The lowest BCUT2D eigenvalue weighted by atomic mass is 10.2. The fourth-order valence-electron chi connectivity index (χ4n) is 1.92. The van der Waals surface area contributed by atoms with Crippen molar-refractivity contribution in [1.29, 1.82) is 0 Å². The Kier molecular flexibility index (Phi) is 3.83. The van der Waals surface area contributed by atoms with Crippen LogP contribution in [0.2, 0.25) is 0 Å². The summed E-state index contributed by atoms with van der Waals surface area (Å²) in [5.74, 6) is 0.493. The number of aromatic amines is 1. The van der Waals surface area contributed by atoms with Gasteiger partial charge in [-0.15, -0.1) is 0 Å². The number of benzene rings is 2. The van der Waals surface area contributed by atoms with Crippen molar-refractivity contribution < 1.29 is 4.39 Å². The van der Waals surface area contributed by atoms with Gasteiger partial charge >= 0.3 is 0 Å². The number of rotatable bonds is 4. The highest BCUT2D eigenvalue weighted by atomic mass is 32.2. The lowest BCUT2D eigenvalue weighted by molar-refractivity contribution is 0.626. The molecule has 2 aromatic carbocycles. The largest absolute Gasteiger partial charge is 0.333 e. The molecule has 100 valence electrons. The molecule has 1 aromatic heterocycles. The van der Waals surface area contributed by atoms with Crippen molar-refractivity contribution >= 4 is 11.8 Å². The maximum Gasteiger partial charge on any atom is 0.166 e. The number of hydrogen-bond acceptors (Lipinski definition) is 2. The van der Waals surface area contributed by atoms with Gasteiger partial charge in [-0.2, -0.15) is 0 Å². The number of aromatic nitrogens is 2. The molecule has 1 heterocycles. The molecular weight excluding hydrogens is 271 g/mol. The summed E-state index contributed by atoms with van der Waals surface area (Å²) in [6.07, 6.45) is 1.82. The highest BCUT2D eigenvalue weighted by molar-refractivity contribution is 7.98. The monoisotopic (exact) mass is 284 g/mol. The zero-order valence-electron chi connectivity index (χ0n) is 10.7. The molecule has 3 rings (SSSR count). The molecular formula is C16H13FN2S. The molecule has 0 saturated heterocycles. The number of halogens is 1. The number of hydrogen-bond donors (Lipinski definition) is 1. The average molecular weight is 284 g/mol. The van der Waals surface area contributed by atoms with Crippen LogP contribution in [-0.2, 0) is 5.75 Å². The molecule has 0 aliphatic heterocycles. The Hall–Kier alpha value is -2.07. The molecule has 0 aliphatic rings. The first-order chi connectivity index (χ1) is 9.81. The number of nitrogens with zero attached hydrogens (tertiary/aromatic N) is 1. The molecule has 1 N–H and O–H groups in total. The molecule has 0 bridgehead atoms. The predicted molar refractivity (Wildman–Crippen MR) is 80.0 cm³/mol. The van der Waals surface area contributed by atoms with Crippen LogP contribution in [0.15, 0.2) is 66.0 Å². The third-order valence-electron chi connectivity index (χ3n) is 2.90. The first-order valence-electron chi connectivity index (χ1n) is 6.29. The van der Waals surface area contributed by atoms with Crippen molar-refractivity contribution in [2.75, 3.05) is 0 Å². The van der Waals surface area contributed by atoms with E-state index in [1.807, 2.05) is 42.6 Å². The first-order valence-corrected chi connectivity index (χ1v) is 7.27. The number of thioether (sulfide) groups is 1. The summed E-state index contributed by atoms with van der Waals surface area (Å²) >= 11 is 1.56. The van der Waals surface area contributed by atoms with Gasteiger partial charge in [-0.3, -0.25) is 0 Å². The van der Waals surface area contributed by atoms with E-state index in [-0.39, 0.29) is 5.82 Å². The summed E-state index contributed by atoms with van der Waals surface area (Å²) in [4.78, 5) is 7.62. The fraction of sp³-hybridized carbons (Fsp3) is 0.0625. The second kappa shape index (κ2) is 5.92. The molecule has 4 heteroatoms. The zero-order chi connectivity index (χ0) is 13.8. The topological polar surface area (TPSA) is 28.7 Å². The second-order valence-electron chi connectivity index (χ2n) is 4.39. The van der Waals surface area contributed by atoms with Gasteiger partial charge in [-0.25, -0.2) is 9.37 Å². The summed E-state index contributed by atoms with van der Waals surface area (Å²) in [7, 11) is 0. The molecule has 0 radical (unpaired) electrons. The van der Waals surface area contributed by atoms with Crippen molar-refractivity contribution in [3.8, 4) is 11.3 Å². The minimum Gasteiger partial charge on any atom is -0.333 e. The standard InChI is InChI=1S/C16H13FN2S/c17-14-8-4-5-12(9-14)11-20-16-18-10-15(19-16)13-6-2-1-3-7-13/h1-10H,11H2,(H,18,19). The molecule has 0 saturated carbocycles. The van der Waals surface area contributed by atoms with Crippen molar-refractivity contribution in [2.45, 2.75) is 10.9 Å². The maximum atomic E-state index is 13.1. The van der Waals surface area contributed by atoms with Gasteiger partial charge in [-0.05, 0) is 23.3 Å². The molecule has 0 fully saturated rings. The van der Waals surface area contributed by atoms with Crippen LogP contribution in [0, 0.1) is 5.82 Å². The molecule has 0 atom stereocenters. The van der Waals surface area contributed by atoms with Crippen LogP contribution >= 0.6 is 11.8 Å². The van der Waals surface area contributed by atoms with E-state index >= 15 is 0 Å². The average Bonchev–Trinajstić information content (AvgIpc) is 2.95. The Balaban J connectivity index is 1.69. The Bertz CT molecular complexity index is 694. The van der Waals surface area contributed by atoms with E-state index in [4.69, 9.17) is 0 Å². The molecule has 2 nitrogen and oxygen atoms in total. The maximum absolute atomic E-state index is 13.1. The first kappa shape index (κ1) is 12.9. The van der Waals surface area contributed by atoms with E-state index in [1.54, 1.807) is 23.9 Å². The van der Waals surface area contributed by atoms with Crippen LogP contribution in [0.3, 0.4) is 0 Å². The summed E-state index contributed by atoms with van der Waals surface area (Å²) < 4.78 is 13.1. The van der Waals surface area contributed by atoms with E-state index in [2.05, 4.69) is 9.97 Å². The molecule has 0 unspecified atom stereocenters. The number of H-pyrrole nitrogens is 1. The molecule has 0 amide bonds. The predicted octanol–water partition coefficient (Wildman–Crippen LogP) is 4.51. The summed E-state index contributed by atoms with van der Waals surface area (Å²) in [6.45, 7) is 0. The van der Waals surface area contributed by atoms with Crippen LogP contribution in [0.1, 0.15) is 5.56 Å². The number of nitrogens with one attached hydrogen (secondary N) is 1. The van der Waals surface area contributed by atoms with Gasteiger partial charge in [0.05, 0.1) is 11.9 Å². The van der Waals surface area contributed by atoms with E-state index in [0.717, 1.165) is 22.0 Å². The van der Waals surface area contributed by atoms with Gasteiger partial charge in [0.1, 0.15) is 5.82 Å². The lowest BCUT2D eigenvalue weighted by Crippen LogP contribution is -1.83. The van der Waals surface area contributed by atoms with Gasteiger partial charge in [0.25, 0.3) is 0 Å².